The number of carbonyl (C=O) groups is 1. The predicted molar refractivity (Wildman–Crippen MR) is 62.4 cm³/mol. The van der Waals surface area contributed by atoms with Gasteiger partial charge >= 0.3 is 6.03 Å². The van der Waals surface area contributed by atoms with Crippen molar-refractivity contribution in [3.63, 3.8) is 0 Å². The molecule has 0 unspecified atom stereocenters. The number of amides is 2. The van der Waals surface area contributed by atoms with Crippen LogP contribution in [0.4, 0.5) is 4.79 Å². The van der Waals surface area contributed by atoms with Crippen molar-refractivity contribution in [2.24, 2.45) is 0 Å². The highest BCUT2D eigenvalue weighted by molar-refractivity contribution is 5.75. The Hall–Kier alpha value is -0.770. The van der Waals surface area contributed by atoms with E-state index in [1.165, 1.54) is 12.8 Å². The number of carbonyl (C=O) groups excluding carboxylic acids is 1. The second kappa shape index (κ2) is 5.04. The molecular formula is C12H22N2O2. The molecule has 0 aromatic rings. The number of hydrogen-bond donors (Lipinski definition) is 2. The van der Waals surface area contributed by atoms with E-state index in [1.54, 1.807) is 0 Å². The van der Waals surface area contributed by atoms with Crippen molar-refractivity contribution in [2.45, 2.75) is 57.0 Å². The fourth-order valence-corrected chi connectivity index (χ4v) is 2.51. The summed E-state index contributed by atoms with van der Waals surface area (Å²) in [6, 6.07) is 0.389. The van der Waals surface area contributed by atoms with Gasteiger partial charge < -0.3 is 15.4 Å². The zero-order valence-corrected chi connectivity index (χ0v) is 10.1. The maximum Gasteiger partial charge on any atom is 0.315 e. The molecule has 2 amide bonds. The van der Waals surface area contributed by atoms with E-state index in [4.69, 9.17) is 4.74 Å². The largest absolute Gasteiger partial charge is 0.381 e. The summed E-state index contributed by atoms with van der Waals surface area (Å²) >= 11 is 0. The van der Waals surface area contributed by atoms with Crippen molar-refractivity contribution in [2.75, 3.05) is 13.2 Å². The number of nitrogens with one attached hydrogen (secondary N) is 2. The normalized spacial score (nSPS) is 25.3. The van der Waals surface area contributed by atoms with E-state index >= 15 is 0 Å². The van der Waals surface area contributed by atoms with Gasteiger partial charge in [-0.1, -0.05) is 12.8 Å². The lowest BCUT2D eigenvalue weighted by molar-refractivity contribution is 0.0491. The van der Waals surface area contributed by atoms with Crippen LogP contribution < -0.4 is 10.6 Å². The van der Waals surface area contributed by atoms with Crippen LogP contribution >= 0.6 is 0 Å². The average molecular weight is 226 g/mol. The second-order valence-electron chi connectivity index (χ2n) is 5.25. The Bertz CT molecular complexity index is 243. The minimum Gasteiger partial charge on any atom is -0.381 e. The molecule has 1 saturated heterocycles. The summed E-state index contributed by atoms with van der Waals surface area (Å²) in [6.07, 6.45) is 6.57. The Morgan fingerprint density at radius 3 is 2.50 bits per heavy atom. The summed E-state index contributed by atoms with van der Waals surface area (Å²) in [4.78, 5) is 11.8. The summed E-state index contributed by atoms with van der Waals surface area (Å²) in [5.74, 6) is 0. The Morgan fingerprint density at radius 1 is 1.25 bits per heavy atom. The molecule has 1 saturated carbocycles. The van der Waals surface area contributed by atoms with Crippen molar-refractivity contribution >= 4 is 6.03 Å². The Morgan fingerprint density at radius 2 is 1.88 bits per heavy atom. The molecule has 2 fully saturated rings. The highest BCUT2D eigenvalue weighted by atomic mass is 16.5. The highest BCUT2D eigenvalue weighted by Gasteiger charge is 2.29. The molecule has 1 aliphatic carbocycles. The van der Waals surface area contributed by atoms with E-state index in [1.807, 2.05) is 0 Å². The summed E-state index contributed by atoms with van der Waals surface area (Å²) < 4.78 is 5.31. The van der Waals surface area contributed by atoms with Gasteiger partial charge in [0.25, 0.3) is 0 Å². The Labute approximate surface area is 97.1 Å². The zero-order chi connectivity index (χ0) is 11.4. The van der Waals surface area contributed by atoms with Crippen LogP contribution in [0, 0.1) is 0 Å². The monoisotopic (exact) mass is 226 g/mol. The summed E-state index contributed by atoms with van der Waals surface area (Å²) in [7, 11) is 0. The minimum atomic E-state index is -0.0824. The van der Waals surface area contributed by atoms with Crippen LogP contribution in [0.3, 0.4) is 0 Å². The summed E-state index contributed by atoms with van der Waals surface area (Å²) in [6.45, 7) is 3.60. The maximum atomic E-state index is 11.8. The molecule has 2 rings (SSSR count). The quantitative estimate of drug-likeness (QED) is 0.754. The molecule has 4 heteroatoms. The first kappa shape index (κ1) is 11.7. The lowest BCUT2D eigenvalue weighted by atomic mass is 9.93. The van der Waals surface area contributed by atoms with Crippen LogP contribution in [-0.4, -0.2) is 30.8 Å². The first-order valence-electron chi connectivity index (χ1n) is 6.34. The fraction of sp³-hybridized carbons (Fsp3) is 0.917. The molecule has 0 bridgehead atoms. The lowest BCUT2D eigenvalue weighted by Gasteiger charge is -2.34. The first-order valence-corrected chi connectivity index (χ1v) is 6.34. The van der Waals surface area contributed by atoms with Crippen molar-refractivity contribution in [3.8, 4) is 0 Å². The molecule has 2 N–H and O–H groups in total. The third kappa shape index (κ3) is 3.11. The summed E-state index contributed by atoms with van der Waals surface area (Å²) in [5, 5.41) is 6.15. The van der Waals surface area contributed by atoms with Gasteiger partial charge in [0.2, 0.25) is 0 Å². The predicted octanol–water partition coefficient (Wildman–Crippen LogP) is 1.80. The van der Waals surface area contributed by atoms with Gasteiger partial charge in [-0.05, 0) is 32.6 Å². The van der Waals surface area contributed by atoms with E-state index in [-0.39, 0.29) is 11.6 Å². The van der Waals surface area contributed by atoms with E-state index in [2.05, 4.69) is 17.6 Å². The SMILES string of the molecule is CC1(NC(=O)NC2CCCC2)CCOCC1. The van der Waals surface area contributed by atoms with Gasteiger partial charge in [0, 0.05) is 24.8 Å². The van der Waals surface area contributed by atoms with Gasteiger partial charge in [0.05, 0.1) is 0 Å². The van der Waals surface area contributed by atoms with E-state index in [0.29, 0.717) is 6.04 Å². The topological polar surface area (TPSA) is 50.4 Å². The smallest absolute Gasteiger partial charge is 0.315 e. The van der Waals surface area contributed by atoms with Crippen LogP contribution in [0.15, 0.2) is 0 Å². The molecule has 0 spiro atoms. The molecule has 0 atom stereocenters. The number of hydrogen-bond acceptors (Lipinski definition) is 2. The van der Waals surface area contributed by atoms with Crippen LogP contribution in [0.25, 0.3) is 0 Å². The lowest BCUT2D eigenvalue weighted by Crippen LogP contribution is -2.54. The second-order valence-corrected chi connectivity index (χ2v) is 5.25. The molecule has 1 aliphatic heterocycles. The van der Waals surface area contributed by atoms with Gasteiger partial charge in [0.1, 0.15) is 0 Å². The molecule has 92 valence electrons. The molecule has 0 aromatic heterocycles. The average Bonchev–Trinajstić information content (AvgIpc) is 2.70. The van der Waals surface area contributed by atoms with E-state index < -0.39 is 0 Å². The molecular weight excluding hydrogens is 204 g/mol. The molecule has 0 aromatic carbocycles. The van der Waals surface area contributed by atoms with E-state index in [9.17, 15) is 4.79 Å². The highest BCUT2D eigenvalue weighted by Crippen LogP contribution is 2.20. The Balaban J connectivity index is 1.76. The van der Waals surface area contributed by atoms with Crippen LogP contribution in [0.5, 0.6) is 0 Å². The molecule has 4 nitrogen and oxygen atoms in total. The van der Waals surface area contributed by atoms with Crippen molar-refractivity contribution in [1.82, 2.24) is 10.6 Å². The van der Waals surface area contributed by atoms with Gasteiger partial charge in [-0.15, -0.1) is 0 Å². The number of ether oxygens (including phenoxy) is 1. The molecule has 16 heavy (non-hydrogen) atoms. The number of urea groups is 1. The first-order chi connectivity index (χ1) is 7.68. The maximum absolute atomic E-state index is 11.8. The van der Waals surface area contributed by atoms with Gasteiger partial charge in [-0.2, -0.15) is 0 Å². The third-order valence-electron chi connectivity index (χ3n) is 3.70. The van der Waals surface area contributed by atoms with Crippen LogP contribution in [-0.2, 0) is 4.74 Å². The standard InChI is InChI=1S/C12H22N2O2/c1-12(6-8-16-9-7-12)14-11(15)13-10-4-2-3-5-10/h10H,2-9H2,1H3,(H2,13,14,15). The van der Waals surface area contributed by atoms with Gasteiger partial charge in [0.15, 0.2) is 0 Å². The number of rotatable bonds is 2. The molecule has 1 heterocycles. The van der Waals surface area contributed by atoms with Crippen LogP contribution in [0.1, 0.15) is 45.4 Å². The molecule has 2 aliphatic rings. The van der Waals surface area contributed by atoms with Crippen molar-refractivity contribution < 1.29 is 9.53 Å². The zero-order valence-electron chi connectivity index (χ0n) is 10.1. The fourth-order valence-electron chi connectivity index (χ4n) is 2.51. The van der Waals surface area contributed by atoms with Crippen molar-refractivity contribution in [3.05, 3.63) is 0 Å². The Kier molecular flexibility index (Phi) is 3.69. The minimum absolute atomic E-state index is 0.00343. The third-order valence-corrected chi connectivity index (χ3v) is 3.70. The molecule has 0 radical (unpaired) electrons. The van der Waals surface area contributed by atoms with Crippen LogP contribution in [0.2, 0.25) is 0 Å². The van der Waals surface area contributed by atoms with Gasteiger partial charge in [-0.3, -0.25) is 0 Å². The van der Waals surface area contributed by atoms with Gasteiger partial charge in [-0.25, -0.2) is 4.79 Å². The summed E-state index contributed by atoms with van der Waals surface area (Å²) in [5.41, 5.74) is -0.0824. The van der Waals surface area contributed by atoms with Crippen molar-refractivity contribution in [1.29, 1.82) is 0 Å². The van der Waals surface area contributed by atoms with E-state index in [0.717, 1.165) is 38.9 Å².